The summed E-state index contributed by atoms with van der Waals surface area (Å²) in [6.45, 7) is 0. The summed E-state index contributed by atoms with van der Waals surface area (Å²) in [6, 6.07) is 10.7. The Hall–Kier alpha value is -2.05. The van der Waals surface area contributed by atoms with Crippen LogP contribution in [-0.4, -0.2) is 27.4 Å². The molecule has 1 aromatic carbocycles. The van der Waals surface area contributed by atoms with Crippen molar-refractivity contribution in [2.45, 2.75) is 12.5 Å². The second-order valence-corrected chi connectivity index (χ2v) is 5.31. The number of thiazole rings is 1. The van der Waals surface area contributed by atoms with Crippen LogP contribution in [0.4, 0.5) is 0 Å². The molecule has 1 atom stereocenters. The molecular formula is C14H15N5S. The number of likely N-dealkylation sites (N-methyl/N-ethyl adjacent to an activating group) is 1. The molecule has 2 heterocycles. The highest BCUT2D eigenvalue weighted by molar-refractivity contribution is 7.13. The minimum absolute atomic E-state index is 0.267. The first kappa shape index (κ1) is 13.0. The Morgan fingerprint density at radius 2 is 2.15 bits per heavy atom. The van der Waals surface area contributed by atoms with Gasteiger partial charge in [-0.15, -0.1) is 11.3 Å². The topological polar surface area (TPSA) is 66.5 Å². The number of aromatic nitrogens is 4. The van der Waals surface area contributed by atoms with Crippen LogP contribution in [0.15, 0.2) is 41.9 Å². The third-order valence-electron chi connectivity index (χ3n) is 3.15. The van der Waals surface area contributed by atoms with Gasteiger partial charge in [-0.3, -0.25) is 0 Å². The maximum Gasteiger partial charge on any atom is 0.145 e. The summed E-state index contributed by atoms with van der Waals surface area (Å²) in [5.74, 6) is 0. The summed E-state index contributed by atoms with van der Waals surface area (Å²) >= 11 is 1.59. The SMILES string of the molecule is CNC(Cc1csc(-c2cn[nH]n2)n1)c1ccccc1. The van der Waals surface area contributed by atoms with Crippen molar-refractivity contribution < 1.29 is 0 Å². The molecule has 3 rings (SSSR count). The summed E-state index contributed by atoms with van der Waals surface area (Å²) in [5, 5.41) is 16.8. The van der Waals surface area contributed by atoms with E-state index in [1.807, 2.05) is 13.1 Å². The Morgan fingerprint density at radius 3 is 2.85 bits per heavy atom. The normalized spacial score (nSPS) is 12.4. The minimum Gasteiger partial charge on any atom is -0.313 e. The third kappa shape index (κ3) is 2.76. The Balaban J connectivity index is 1.77. The van der Waals surface area contributed by atoms with Crippen molar-refractivity contribution in [2.24, 2.45) is 0 Å². The van der Waals surface area contributed by atoms with Crippen LogP contribution < -0.4 is 5.32 Å². The van der Waals surface area contributed by atoms with E-state index in [9.17, 15) is 0 Å². The highest BCUT2D eigenvalue weighted by Gasteiger charge is 2.13. The van der Waals surface area contributed by atoms with Gasteiger partial charge in [0.1, 0.15) is 10.7 Å². The zero-order valence-electron chi connectivity index (χ0n) is 11.1. The lowest BCUT2D eigenvalue weighted by molar-refractivity contribution is 0.586. The van der Waals surface area contributed by atoms with Gasteiger partial charge in [0.15, 0.2) is 0 Å². The predicted octanol–water partition coefficient (Wildman–Crippen LogP) is 2.43. The quantitative estimate of drug-likeness (QED) is 0.755. The van der Waals surface area contributed by atoms with Crippen molar-refractivity contribution in [1.82, 2.24) is 25.7 Å². The zero-order chi connectivity index (χ0) is 13.8. The van der Waals surface area contributed by atoms with E-state index in [0.29, 0.717) is 0 Å². The number of aromatic amines is 1. The smallest absolute Gasteiger partial charge is 0.145 e. The number of H-pyrrole nitrogens is 1. The van der Waals surface area contributed by atoms with E-state index in [4.69, 9.17) is 0 Å². The minimum atomic E-state index is 0.267. The van der Waals surface area contributed by atoms with Crippen molar-refractivity contribution in [2.75, 3.05) is 7.05 Å². The van der Waals surface area contributed by atoms with Gasteiger partial charge in [0.2, 0.25) is 0 Å². The lowest BCUT2D eigenvalue weighted by Crippen LogP contribution is -2.18. The first-order valence-electron chi connectivity index (χ1n) is 6.39. The van der Waals surface area contributed by atoms with Crippen LogP contribution in [0.3, 0.4) is 0 Å². The van der Waals surface area contributed by atoms with E-state index in [0.717, 1.165) is 22.8 Å². The number of nitrogens with one attached hydrogen (secondary N) is 2. The molecule has 0 aliphatic heterocycles. The predicted molar refractivity (Wildman–Crippen MR) is 79.4 cm³/mol. The van der Waals surface area contributed by atoms with Crippen LogP contribution in [0.1, 0.15) is 17.3 Å². The number of hydrogen-bond acceptors (Lipinski definition) is 5. The molecule has 0 aliphatic rings. The van der Waals surface area contributed by atoms with Gasteiger partial charge >= 0.3 is 0 Å². The van der Waals surface area contributed by atoms with Gasteiger partial charge in [-0.1, -0.05) is 30.3 Å². The van der Waals surface area contributed by atoms with E-state index in [1.54, 1.807) is 17.5 Å². The fourth-order valence-electron chi connectivity index (χ4n) is 2.10. The molecule has 6 heteroatoms. The molecular weight excluding hydrogens is 270 g/mol. The molecule has 102 valence electrons. The molecule has 0 saturated heterocycles. The van der Waals surface area contributed by atoms with Crippen LogP contribution in [0, 0.1) is 0 Å². The van der Waals surface area contributed by atoms with Gasteiger partial charge in [-0.25, -0.2) is 4.98 Å². The second kappa shape index (κ2) is 5.94. The summed E-state index contributed by atoms with van der Waals surface area (Å²) < 4.78 is 0. The molecule has 5 nitrogen and oxygen atoms in total. The van der Waals surface area contributed by atoms with Crippen molar-refractivity contribution in [3.8, 4) is 10.7 Å². The van der Waals surface area contributed by atoms with Crippen molar-refractivity contribution in [3.05, 3.63) is 53.2 Å². The van der Waals surface area contributed by atoms with Crippen LogP contribution in [0.5, 0.6) is 0 Å². The summed E-state index contributed by atoms with van der Waals surface area (Å²) in [6.07, 6.45) is 2.55. The van der Waals surface area contributed by atoms with Gasteiger partial charge in [-0.2, -0.15) is 15.4 Å². The molecule has 0 spiro atoms. The number of rotatable bonds is 5. The fourth-order valence-corrected chi connectivity index (χ4v) is 2.89. The summed E-state index contributed by atoms with van der Waals surface area (Å²) in [4.78, 5) is 4.62. The molecule has 1 unspecified atom stereocenters. The lowest BCUT2D eigenvalue weighted by atomic mass is 10.0. The van der Waals surface area contributed by atoms with Crippen molar-refractivity contribution in [3.63, 3.8) is 0 Å². The zero-order valence-corrected chi connectivity index (χ0v) is 11.9. The molecule has 2 N–H and O–H groups in total. The monoisotopic (exact) mass is 285 g/mol. The van der Waals surface area contributed by atoms with Crippen LogP contribution in [0.2, 0.25) is 0 Å². The molecule has 0 radical (unpaired) electrons. The maximum absolute atomic E-state index is 4.62. The third-order valence-corrected chi connectivity index (χ3v) is 4.06. The van der Waals surface area contributed by atoms with E-state index in [-0.39, 0.29) is 6.04 Å². The Morgan fingerprint density at radius 1 is 1.30 bits per heavy atom. The molecule has 20 heavy (non-hydrogen) atoms. The average molecular weight is 285 g/mol. The largest absolute Gasteiger partial charge is 0.313 e. The van der Waals surface area contributed by atoms with E-state index < -0.39 is 0 Å². The van der Waals surface area contributed by atoms with E-state index >= 15 is 0 Å². The van der Waals surface area contributed by atoms with Crippen LogP contribution >= 0.6 is 11.3 Å². The van der Waals surface area contributed by atoms with Gasteiger partial charge in [-0.05, 0) is 12.6 Å². The van der Waals surface area contributed by atoms with Gasteiger partial charge in [0, 0.05) is 17.8 Å². The van der Waals surface area contributed by atoms with Gasteiger partial charge in [0.25, 0.3) is 0 Å². The lowest BCUT2D eigenvalue weighted by Gasteiger charge is -2.15. The molecule has 0 amide bonds. The standard InChI is InChI=1S/C14H15N5S/c1-15-12(10-5-3-2-4-6-10)7-11-9-20-14(17-11)13-8-16-19-18-13/h2-6,8-9,12,15H,7H2,1H3,(H,16,18,19). The summed E-state index contributed by atoms with van der Waals surface area (Å²) in [7, 11) is 1.97. The van der Waals surface area contributed by atoms with Gasteiger partial charge < -0.3 is 5.32 Å². The molecule has 0 saturated carbocycles. The van der Waals surface area contributed by atoms with Crippen molar-refractivity contribution in [1.29, 1.82) is 0 Å². The average Bonchev–Trinajstić information content (AvgIpc) is 3.16. The maximum atomic E-state index is 4.62. The summed E-state index contributed by atoms with van der Waals surface area (Å²) in [5.41, 5.74) is 3.13. The fraction of sp³-hybridized carbons (Fsp3) is 0.214. The molecule has 3 aromatic rings. The van der Waals surface area contributed by atoms with E-state index in [1.165, 1.54) is 5.56 Å². The number of nitrogens with zero attached hydrogens (tertiary/aromatic N) is 3. The number of hydrogen-bond donors (Lipinski definition) is 2. The van der Waals surface area contributed by atoms with Gasteiger partial charge in [0.05, 0.1) is 11.9 Å². The molecule has 0 fully saturated rings. The first-order valence-corrected chi connectivity index (χ1v) is 7.27. The highest BCUT2D eigenvalue weighted by atomic mass is 32.1. The molecule has 0 bridgehead atoms. The Bertz CT molecular complexity index is 647. The Kier molecular flexibility index (Phi) is 3.85. The molecule has 0 aliphatic carbocycles. The van der Waals surface area contributed by atoms with E-state index in [2.05, 4.69) is 55.4 Å². The van der Waals surface area contributed by atoms with Crippen LogP contribution in [-0.2, 0) is 6.42 Å². The highest BCUT2D eigenvalue weighted by Crippen LogP contribution is 2.24. The number of benzene rings is 1. The second-order valence-electron chi connectivity index (χ2n) is 4.46. The Labute approximate surface area is 121 Å². The first-order chi connectivity index (χ1) is 9.86. The van der Waals surface area contributed by atoms with Crippen molar-refractivity contribution >= 4 is 11.3 Å². The van der Waals surface area contributed by atoms with Crippen LogP contribution in [0.25, 0.3) is 10.7 Å². The molecule has 2 aromatic heterocycles.